The summed E-state index contributed by atoms with van der Waals surface area (Å²) in [5.74, 6) is -0.977. The number of carbonyl (C=O) groups is 2. The standard InChI is InChI=1S/C17H17NO4/c1-12(14-7-9-15(10-8-14)16(19)20)18-17(21)22-11-13-5-3-2-4-6-13/h2-10,12H,11H2,1H3,(H,18,21)(H,19,20)/t12-/m0/s1. The Morgan fingerprint density at radius 1 is 1.09 bits per heavy atom. The lowest BCUT2D eigenvalue weighted by molar-refractivity contribution is 0.0696. The second-order valence-electron chi connectivity index (χ2n) is 4.85. The zero-order valence-electron chi connectivity index (χ0n) is 12.2. The van der Waals surface area contributed by atoms with Gasteiger partial charge in [-0.15, -0.1) is 0 Å². The molecule has 114 valence electrons. The van der Waals surface area contributed by atoms with Crippen LogP contribution in [0.15, 0.2) is 54.6 Å². The summed E-state index contributed by atoms with van der Waals surface area (Å²) in [6.45, 7) is 2.01. The van der Waals surface area contributed by atoms with E-state index in [0.29, 0.717) is 0 Å². The third kappa shape index (κ3) is 4.34. The van der Waals surface area contributed by atoms with Crippen molar-refractivity contribution in [3.63, 3.8) is 0 Å². The third-order valence-corrected chi connectivity index (χ3v) is 3.20. The summed E-state index contributed by atoms with van der Waals surface area (Å²) in [5, 5.41) is 11.6. The van der Waals surface area contributed by atoms with Crippen molar-refractivity contribution in [2.75, 3.05) is 0 Å². The van der Waals surface area contributed by atoms with Crippen molar-refractivity contribution in [2.24, 2.45) is 0 Å². The van der Waals surface area contributed by atoms with Gasteiger partial charge in [-0.1, -0.05) is 42.5 Å². The normalized spacial score (nSPS) is 11.5. The minimum atomic E-state index is -0.977. The molecule has 1 amide bonds. The van der Waals surface area contributed by atoms with E-state index < -0.39 is 12.1 Å². The van der Waals surface area contributed by atoms with Crippen molar-refractivity contribution >= 4 is 12.1 Å². The average Bonchev–Trinajstić information content (AvgIpc) is 2.54. The van der Waals surface area contributed by atoms with Crippen molar-refractivity contribution < 1.29 is 19.4 Å². The molecule has 0 saturated carbocycles. The van der Waals surface area contributed by atoms with Crippen molar-refractivity contribution in [3.05, 3.63) is 71.3 Å². The fourth-order valence-electron chi connectivity index (χ4n) is 1.94. The molecule has 0 fully saturated rings. The fraction of sp³-hybridized carbons (Fsp3) is 0.176. The topological polar surface area (TPSA) is 75.6 Å². The molecule has 0 radical (unpaired) electrons. The molecule has 0 spiro atoms. The van der Waals surface area contributed by atoms with Crippen LogP contribution in [-0.2, 0) is 11.3 Å². The van der Waals surface area contributed by atoms with E-state index in [0.717, 1.165) is 11.1 Å². The molecule has 0 aliphatic carbocycles. The first-order valence-electron chi connectivity index (χ1n) is 6.86. The SMILES string of the molecule is C[C@H](NC(=O)OCc1ccccc1)c1ccc(C(=O)O)cc1. The van der Waals surface area contributed by atoms with Gasteiger partial charge in [0.15, 0.2) is 0 Å². The largest absolute Gasteiger partial charge is 0.478 e. The van der Waals surface area contributed by atoms with Gasteiger partial charge in [-0.3, -0.25) is 0 Å². The summed E-state index contributed by atoms with van der Waals surface area (Å²) in [5.41, 5.74) is 1.93. The molecule has 0 unspecified atom stereocenters. The summed E-state index contributed by atoms with van der Waals surface area (Å²) in [7, 11) is 0. The Morgan fingerprint density at radius 2 is 1.73 bits per heavy atom. The average molecular weight is 299 g/mol. The highest BCUT2D eigenvalue weighted by Crippen LogP contribution is 2.14. The van der Waals surface area contributed by atoms with Crippen LogP contribution in [0.3, 0.4) is 0 Å². The molecule has 0 aliphatic rings. The Morgan fingerprint density at radius 3 is 2.32 bits per heavy atom. The number of rotatable bonds is 5. The highest BCUT2D eigenvalue weighted by molar-refractivity contribution is 5.87. The van der Waals surface area contributed by atoms with E-state index in [4.69, 9.17) is 9.84 Å². The van der Waals surface area contributed by atoms with Crippen LogP contribution in [-0.4, -0.2) is 17.2 Å². The number of benzene rings is 2. The molecule has 0 bridgehead atoms. The maximum Gasteiger partial charge on any atom is 0.407 e. The summed E-state index contributed by atoms with van der Waals surface area (Å²) in [6, 6.07) is 15.5. The van der Waals surface area contributed by atoms with Crippen LogP contribution in [0, 0.1) is 0 Å². The predicted molar refractivity (Wildman–Crippen MR) is 81.6 cm³/mol. The molecule has 2 N–H and O–H groups in total. The lowest BCUT2D eigenvalue weighted by Crippen LogP contribution is -2.27. The summed E-state index contributed by atoms with van der Waals surface area (Å²) in [4.78, 5) is 22.5. The lowest BCUT2D eigenvalue weighted by Gasteiger charge is -2.14. The number of alkyl carbamates (subject to hydrolysis) is 1. The van der Waals surface area contributed by atoms with Gasteiger partial charge in [0.2, 0.25) is 0 Å². The first-order chi connectivity index (χ1) is 10.6. The summed E-state index contributed by atoms with van der Waals surface area (Å²) in [6.07, 6.45) is -0.515. The quantitative estimate of drug-likeness (QED) is 0.887. The monoisotopic (exact) mass is 299 g/mol. The second-order valence-corrected chi connectivity index (χ2v) is 4.85. The van der Waals surface area contributed by atoms with E-state index in [1.165, 1.54) is 12.1 Å². The van der Waals surface area contributed by atoms with Crippen molar-refractivity contribution in [3.8, 4) is 0 Å². The van der Waals surface area contributed by atoms with Gasteiger partial charge in [-0.25, -0.2) is 9.59 Å². The van der Waals surface area contributed by atoms with Crippen molar-refractivity contribution in [1.82, 2.24) is 5.32 Å². The van der Waals surface area contributed by atoms with Gasteiger partial charge in [0, 0.05) is 0 Å². The highest BCUT2D eigenvalue weighted by Gasteiger charge is 2.11. The lowest BCUT2D eigenvalue weighted by atomic mass is 10.1. The van der Waals surface area contributed by atoms with Gasteiger partial charge in [0.1, 0.15) is 6.61 Å². The predicted octanol–water partition coefficient (Wildman–Crippen LogP) is 3.37. The minimum Gasteiger partial charge on any atom is -0.478 e. The summed E-state index contributed by atoms with van der Waals surface area (Å²) < 4.78 is 5.14. The molecule has 0 saturated heterocycles. The van der Waals surface area contributed by atoms with Gasteiger partial charge < -0.3 is 15.2 Å². The first kappa shape index (κ1) is 15.6. The number of ether oxygens (including phenoxy) is 1. The molecule has 5 heteroatoms. The molecule has 1 atom stereocenters. The fourth-order valence-corrected chi connectivity index (χ4v) is 1.94. The Balaban J connectivity index is 1.86. The van der Waals surface area contributed by atoms with E-state index in [1.807, 2.05) is 30.3 Å². The number of nitrogens with one attached hydrogen (secondary N) is 1. The molecule has 0 aromatic heterocycles. The number of amides is 1. The third-order valence-electron chi connectivity index (χ3n) is 3.20. The number of carboxylic acids is 1. The molecule has 0 heterocycles. The van der Waals surface area contributed by atoms with E-state index in [1.54, 1.807) is 19.1 Å². The van der Waals surface area contributed by atoms with Crippen LogP contribution >= 0.6 is 0 Å². The second kappa shape index (κ2) is 7.26. The molecule has 2 aromatic carbocycles. The summed E-state index contributed by atoms with van der Waals surface area (Å²) >= 11 is 0. The maximum absolute atomic E-state index is 11.7. The molecular weight excluding hydrogens is 282 g/mol. The Kier molecular flexibility index (Phi) is 5.14. The van der Waals surface area contributed by atoms with Gasteiger partial charge >= 0.3 is 12.1 Å². The van der Waals surface area contributed by atoms with Gasteiger partial charge in [-0.2, -0.15) is 0 Å². The van der Waals surface area contributed by atoms with Gasteiger partial charge in [-0.05, 0) is 30.2 Å². The highest BCUT2D eigenvalue weighted by atomic mass is 16.5. The molecule has 2 aromatic rings. The van der Waals surface area contributed by atoms with E-state index in [-0.39, 0.29) is 18.2 Å². The Bertz CT molecular complexity index is 637. The number of aromatic carboxylic acids is 1. The van der Waals surface area contributed by atoms with Crippen LogP contribution < -0.4 is 5.32 Å². The van der Waals surface area contributed by atoms with Crippen LogP contribution in [0.4, 0.5) is 4.79 Å². The van der Waals surface area contributed by atoms with Crippen LogP contribution in [0.5, 0.6) is 0 Å². The molecule has 2 rings (SSSR count). The molecule has 22 heavy (non-hydrogen) atoms. The number of carboxylic acid groups (broad SMARTS) is 1. The number of hydrogen-bond acceptors (Lipinski definition) is 3. The van der Waals surface area contributed by atoms with Gasteiger partial charge in [0.05, 0.1) is 11.6 Å². The number of hydrogen-bond donors (Lipinski definition) is 2. The zero-order chi connectivity index (χ0) is 15.9. The maximum atomic E-state index is 11.7. The Hall–Kier alpha value is -2.82. The first-order valence-corrected chi connectivity index (χ1v) is 6.86. The smallest absolute Gasteiger partial charge is 0.407 e. The Labute approximate surface area is 128 Å². The van der Waals surface area contributed by atoms with Crippen LogP contribution in [0.1, 0.15) is 34.5 Å². The van der Waals surface area contributed by atoms with E-state index in [2.05, 4.69) is 5.32 Å². The molecule has 5 nitrogen and oxygen atoms in total. The number of carbonyl (C=O) groups excluding carboxylic acids is 1. The van der Waals surface area contributed by atoms with Crippen molar-refractivity contribution in [2.45, 2.75) is 19.6 Å². The van der Waals surface area contributed by atoms with E-state index >= 15 is 0 Å². The van der Waals surface area contributed by atoms with E-state index in [9.17, 15) is 9.59 Å². The molecule has 0 aliphatic heterocycles. The molecular formula is C17H17NO4. The van der Waals surface area contributed by atoms with Gasteiger partial charge in [0.25, 0.3) is 0 Å². The van der Waals surface area contributed by atoms with Crippen molar-refractivity contribution in [1.29, 1.82) is 0 Å². The minimum absolute atomic E-state index is 0.206. The van der Waals surface area contributed by atoms with Crippen LogP contribution in [0.25, 0.3) is 0 Å². The van der Waals surface area contributed by atoms with Crippen LogP contribution in [0.2, 0.25) is 0 Å². The zero-order valence-corrected chi connectivity index (χ0v) is 12.2.